The van der Waals surface area contributed by atoms with Crippen LogP contribution in [0.5, 0.6) is 0 Å². The summed E-state index contributed by atoms with van der Waals surface area (Å²) in [4.78, 5) is 23.2. The van der Waals surface area contributed by atoms with Gasteiger partial charge in [-0.3, -0.25) is 9.20 Å². The molecule has 7 heteroatoms. The number of amides is 1. The fourth-order valence-electron chi connectivity index (χ4n) is 3.18. The Hall–Kier alpha value is -2.34. The molecule has 1 aliphatic rings. The number of carbonyl (C=O) groups is 1. The molecular weight excluding hydrogens is 314 g/mol. The van der Waals surface area contributed by atoms with E-state index in [0.29, 0.717) is 17.9 Å². The Morgan fingerprint density at radius 1 is 1.30 bits per heavy atom. The maximum Gasteiger partial charge on any atom is 0.274 e. The molecule has 3 aromatic rings. The number of hydrogen-bond acceptors (Lipinski definition) is 3. The smallest absolute Gasteiger partial charge is 0.274 e. The number of rotatable bonds is 2. The fraction of sp³-hybridized carbons (Fsp3) is 0.312. The Balaban J connectivity index is 1.64. The second-order valence-electron chi connectivity index (χ2n) is 5.74. The largest absolute Gasteiger partial charge is 0.335 e. The van der Waals surface area contributed by atoms with Crippen LogP contribution in [0, 0.1) is 0 Å². The molecule has 0 radical (unpaired) electrons. The fourth-order valence-corrected chi connectivity index (χ4v) is 3.43. The van der Waals surface area contributed by atoms with Crippen LogP contribution in [0.15, 0.2) is 43.1 Å². The number of carbonyl (C=O) groups excluding carboxylic acids is 1. The highest BCUT2D eigenvalue weighted by atomic mass is 35.5. The molecule has 0 bridgehead atoms. The molecule has 118 valence electrons. The van der Waals surface area contributed by atoms with Crippen LogP contribution < -0.4 is 0 Å². The minimum atomic E-state index is -0.0708. The number of likely N-dealkylation sites (tertiary alicyclic amines) is 1. The molecule has 0 spiro atoms. The molecule has 1 amide bonds. The van der Waals surface area contributed by atoms with Gasteiger partial charge in [0.2, 0.25) is 0 Å². The number of nitrogens with zero attached hydrogens (tertiary/aromatic N) is 5. The van der Waals surface area contributed by atoms with E-state index in [-0.39, 0.29) is 17.1 Å². The third-order valence-electron chi connectivity index (χ3n) is 4.32. The summed E-state index contributed by atoms with van der Waals surface area (Å²) in [6.07, 6.45) is 9.34. The Bertz CT molecular complexity index is 841. The van der Waals surface area contributed by atoms with Crippen LogP contribution in [0.25, 0.3) is 5.65 Å². The van der Waals surface area contributed by atoms with Crippen molar-refractivity contribution in [2.45, 2.75) is 18.9 Å². The van der Waals surface area contributed by atoms with E-state index in [9.17, 15) is 4.79 Å². The molecule has 4 rings (SSSR count). The first-order valence-electron chi connectivity index (χ1n) is 7.63. The second-order valence-corrected chi connectivity index (χ2v) is 6.10. The number of fused-ring (bicyclic) bond motifs is 1. The van der Waals surface area contributed by atoms with E-state index >= 15 is 0 Å². The topological polar surface area (TPSA) is 55.4 Å². The van der Waals surface area contributed by atoms with Gasteiger partial charge in [-0.05, 0) is 25.0 Å². The quantitative estimate of drug-likeness (QED) is 0.726. The van der Waals surface area contributed by atoms with E-state index in [1.165, 1.54) is 0 Å². The minimum Gasteiger partial charge on any atom is -0.335 e. The standard InChI is InChI=1S/C16H16ClN5O/c17-15-14(22-8-2-1-5-13(22)19-15)16(23)20-7-3-4-12(10-20)21-9-6-18-11-21/h1-2,5-6,8-9,11-12H,3-4,7,10H2. The first kappa shape index (κ1) is 14.3. The summed E-state index contributed by atoms with van der Waals surface area (Å²) in [5, 5.41) is 0.256. The summed E-state index contributed by atoms with van der Waals surface area (Å²) in [6.45, 7) is 1.39. The first-order chi connectivity index (χ1) is 11.2. The molecule has 1 atom stereocenters. The van der Waals surface area contributed by atoms with Crippen molar-refractivity contribution < 1.29 is 4.79 Å². The van der Waals surface area contributed by atoms with E-state index in [0.717, 1.165) is 19.4 Å². The van der Waals surface area contributed by atoms with Gasteiger partial charge in [0.05, 0.1) is 12.4 Å². The molecule has 0 saturated carbocycles. The zero-order valence-corrected chi connectivity index (χ0v) is 13.2. The van der Waals surface area contributed by atoms with Crippen LogP contribution in [0.1, 0.15) is 29.4 Å². The van der Waals surface area contributed by atoms with Gasteiger partial charge in [0.1, 0.15) is 5.65 Å². The third-order valence-corrected chi connectivity index (χ3v) is 4.58. The highest BCUT2D eigenvalue weighted by Crippen LogP contribution is 2.25. The number of aromatic nitrogens is 4. The molecule has 1 saturated heterocycles. The van der Waals surface area contributed by atoms with Gasteiger partial charge in [-0.2, -0.15) is 0 Å². The van der Waals surface area contributed by atoms with Crippen LogP contribution >= 0.6 is 11.6 Å². The van der Waals surface area contributed by atoms with Gasteiger partial charge in [-0.15, -0.1) is 0 Å². The summed E-state index contributed by atoms with van der Waals surface area (Å²) >= 11 is 6.22. The van der Waals surface area contributed by atoms with Gasteiger partial charge in [0.25, 0.3) is 5.91 Å². The van der Waals surface area contributed by atoms with Crippen molar-refractivity contribution in [3.05, 3.63) is 54.0 Å². The molecule has 0 aliphatic carbocycles. The summed E-state index contributed by atoms with van der Waals surface area (Å²) < 4.78 is 3.82. The van der Waals surface area contributed by atoms with Gasteiger partial charge < -0.3 is 9.47 Å². The highest BCUT2D eigenvalue weighted by molar-refractivity contribution is 6.32. The Morgan fingerprint density at radius 2 is 2.22 bits per heavy atom. The number of halogens is 1. The van der Waals surface area contributed by atoms with Crippen molar-refractivity contribution in [2.75, 3.05) is 13.1 Å². The van der Waals surface area contributed by atoms with Crippen molar-refractivity contribution in [3.63, 3.8) is 0 Å². The SMILES string of the molecule is O=C(c1c(Cl)nc2ccccn12)N1CCCC(n2ccnc2)C1. The van der Waals surface area contributed by atoms with E-state index in [1.807, 2.05) is 35.5 Å². The van der Waals surface area contributed by atoms with E-state index in [2.05, 4.69) is 14.5 Å². The molecule has 1 aliphatic heterocycles. The van der Waals surface area contributed by atoms with Gasteiger partial charge in [0.15, 0.2) is 10.8 Å². The van der Waals surface area contributed by atoms with Gasteiger partial charge >= 0.3 is 0 Å². The van der Waals surface area contributed by atoms with E-state index in [4.69, 9.17) is 11.6 Å². The maximum atomic E-state index is 13.0. The lowest BCUT2D eigenvalue weighted by Gasteiger charge is -2.33. The number of imidazole rings is 2. The molecule has 23 heavy (non-hydrogen) atoms. The first-order valence-corrected chi connectivity index (χ1v) is 8.01. The van der Waals surface area contributed by atoms with E-state index in [1.54, 1.807) is 16.9 Å². The second kappa shape index (κ2) is 5.70. The number of pyridine rings is 1. The monoisotopic (exact) mass is 329 g/mol. The van der Waals surface area contributed by atoms with Crippen LogP contribution in [0.2, 0.25) is 5.15 Å². The van der Waals surface area contributed by atoms with Gasteiger partial charge in [0, 0.05) is 31.7 Å². The summed E-state index contributed by atoms with van der Waals surface area (Å²) in [5.41, 5.74) is 1.12. The predicted molar refractivity (Wildman–Crippen MR) is 86.6 cm³/mol. The van der Waals surface area contributed by atoms with Crippen molar-refractivity contribution in [1.29, 1.82) is 0 Å². The van der Waals surface area contributed by atoms with Gasteiger partial charge in [-0.1, -0.05) is 17.7 Å². The lowest BCUT2D eigenvalue weighted by atomic mass is 10.1. The highest BCUT2D eigenvalue weighted by Gasteiger charge is 2.28. The Morgan fingerprint density at radius 3 is 3.04 bits per heavy atom. The van der Waals surface area contributed by atoms with Crippen LogP contribution in [0.3, 0.4) is 0 Å². The Kier molecular flexibility index (Phi) is 3.53. The van der Waals surface area contributed by atoms with Crippen molar-refractivity contribution >= 4 is 23.2 Å². The molecule has 1 fully saturated rings. The average Bonchev–Trinajstić information content (AvgIpc) is 3.21. The van der Waals surface area contributed by atoms with Crippen LogP contribution in [0.4, 0.5) is 0 Å². The van der Waals surface area contributed by atoms with Crippen LogP contribution in [-0.2, 0) is 0 Å². The molecule has 3 aromatic heterocycles. The van der Waals surface area contributed by atoms with Crippen molar-refractivity contribution in [2.24, 2.45) is 0 Å². The normalized spacial score (nSPS) is 18.5. The third kappa shape index (κ3) is 2.49. The minimum absolute atomic E-state index is 0.0708. The molecule has 4 heterocycles. The summed E-state index contributed by atoms with van der Waals surface area (Å²) in [6, 6.07) is 5.84. The van der Waals surface area contributed by atoms with E-state index < -0.39 is 0 Å². The zero-order chi connectivity index (χ0) is 15.8. The maximum absolute atomic E-state index is 13.0. The lowest BCUT2D eigenvalue weighted by molar-refractivity contribution is 0.0672. The lowest BCUT2D eigenvalue weighted by Crippen LogP contribution is -2.41. The summed E-state index contributed by atoms with van der Waals surface area (Å²) in [5.74, 6) is -0.0708. The predicted octanol–water partition coefficient (Wildman–Crippen LogP) is 2.66. The molecule has 6 nitrogen and oxygen atoms in total. The summed E-state index contributed by atoms with van der Waals surface area (Å²) in [7, 11) is 0. The molecule has 0 N–H and O–H groups in total. The Labute approximate surface area is 138 Å². The zero-order valence-electron chi connectivity index (χ0n) is 12.5. The van der Waals surface area contributed by atoms with Gasteiger partial charge in [-0.25, -0.2) is 9.97 Å². The average molecular weight is 330 g/mol. The number of piperidine rings is 1. The van der Waals surface area contributed by atoms with Crippen molar-refractivity contribution in [3.8, 4) is 0 Å². The molecular formula is C16H16ClN5O. The molecule has 1 unspecified atom stereocenters. The number of hydrogen-bond donors (Lipinski definition) is 0. The van der Waals surface area contributed by atoms with Crippen LogP contribution in [-0.4, -0.2) is 42.8 Å². The molecule has 0 aromatic carbocycles. The van der Waals surface area contributed by atoms with Crippen molar-refractivity contribution in [1.82, 2.24) is 23.8 Å².